The molecule has 0 aliphatic carbocycles. The van der Waals surface area contributed by atoms with Crippen molar-refractivity contribution in [1.29, 1.82) is 0 Å². The molecule has 1 aromatic heterocycles. The molecule has 21 heavy (non-hydrogen) atoms. The van der Waals surface area contributed by atoms with E-state index >= 15 is 0 Å². The standard InChI is InChI=1S/C16H14N4O/c17-16(18)20-19-15(11-6-2-1-3-7-11)14-10-12-8-4-5-9-13(12)21-14/h1-10H,(H4,17,18,20). The Bertz CT molecular complexity index is 781. The Hall–Kier alpha value is -3.08. The molecule has 3 aromatic rings. The number of fused-ring (bicyclic) bond motifs is 1. The lowest BCUT2D eigenvalue weighted by molar-refractivity contribution is 0.605. The third-order valence-electron chi connectivity index (χ3n) is 2.97. The molecular weight excluding hydrogens is 264 g/mol. The fraction of sp³-hybridized carbons (Fsp3) is 0. The minimum atomic E-state index is -0.0976. The van der Waals surface area contributed by atoms with Crippen molar-refractivity contribution in [3.8, 4) is 0 Å². The molecule has 0 atom stereocenters. The van der Waals surface area contributed by atoms with Crippen LogP contribution in [0.1, 0.15) is 11.3 Å². The molecule has 0 aliphatic heterocycles. The minimum absolute atomic E-state index is 0.0976. The predicted molar refractivity (Wildman–Crippen MR) is 84.1 cm³/mol. The van der Waals surface area contributed by atoms with E-state index in [1.807, 2.05) is 60.7 Å². The van der Waals surface area contributed by atoms with E-state index in [2.05, 4.69) is 10.2 Å². The normalized spacial score (nSPS) is 11.5. The van der Waals surface area contributed by atoms with Gasteiger partial charge in [-0.25, -0.2) is 0 Å². The third-order valence-corrected chi connectivity index (χ3v) is 2.97. The van der Waals surface area contributed by atoms with E-state index in [0.717, 1.165) is 16.5 Å². The fourth-order valence-corrected chi connectivity index (χ4v) is 2.05. The topological polar surface area (TPSA) is 89.9 Å². The van der Waals surface area contributed by atoms with Crippen LogP contribution in [-0.4, -0.2) is 11.7 Å². The quantitative estimate of drug-likeness (QED) is 0.438. The summed E-state index contributed by atoms with van der Waals surface area (Å²) in [7, 11) is 0. The smallest absolute Gasteiger partial charge is 0.211 e. The van der Waals surface area contributed by atoms with Crippen LogP contribution < -0.4 is 11.5 Å². The molecule has 0 saturated heterocycles. The summed E-state index contributed by atoms with van der Waals surface area (Å²) in [6.45, 7) is 0. The summed E-state index contributed by atoms with van der Waals surface area (Å²) in [5.74, 6) is 0.520. The molecule has 5 heteroatoms. The van der Waals surface area contributed by atoms with Gasteiger partial charge in [-0.3, -0.25) is 0 Å². The van der Waals surface area contributed by atoms with Crippen molar-refractivity contribution in [1.82, 2.24) is 0 Å². The Morgan fingerprint density at radius 1 is 0.857 bits per heavy atom. The summed E-state index contributed by atoms with van der Waals surface area (Å²) in [5, 5.41) is 8.87. The highest BCUT2D eigenvalue weighted by Gasteiger charge is 2.12. The molecule has 5 nitrogen and oxygen atoms in total. The summed E-state index contributed by atoms with van der Waals surface area (Å²) in [5.41, 5.74) is 13.0. The van der Waals surface area contributed by atoms with E-state index in [-0.39, 0.29) is 5.96 Å². The van der Waals surface area contributed by atoms with Gasteiger partial charge in [0.1, 0.15) is 11.3 Å². The number of para-hydroxylation sites is 1. The van der Waals surface area contributed by atoms with E-state index in [0.29, 0.717) is 11.5 Å². The molecule has 4 N–H and O–H groups in total. The van der Waals surface area contributed by atoms with Crippen LogP contribution in [0.3, 0.4) is 0 Å². The summed E-state index contributed by atoms with van der Waals surface area (Å²) < 4.78 is 5.84. The fourth-order valence-electron chi connectivity index (χ4n) is 2.05. The third kappa shape index (κ3) is 2.76. The van der Waals surface area contributed by atoms with Gasteiger partial charge in [-0.15, -0.1) is 10.2 Å². The van der Waals surface area contributed by atoms with Gasteiger partial charge in [0, 0.05) is 10.9 Å². The van der Waals surface area contributed by atoms with Crippen LogP contribution in [0.5, 0.6) is 0 Å². The van der Waals surface area contributed by atoms with Crippen LogP contribution in [0.2, 0.25) is 0 Å². The number of rotatable bonds is 3. The average molecular weight is 278 g/mol. The lowest BCUT2D eigenvalue weighted by Gasteiger charge is -2.01. The second-order valence-corrected chi connectivity index (χ2v) is 4.49. The van der Waals surface area contributed by atoms with Gasteiger partial charge in [0.15, 0.2) is 5.76 Å². The Morgan fingerprint density at radius 3 is 2.29 bits per heavy atom. The molecule has 3 rings (SSSR count). The number of nitrogens with zero attached hydrogens (tertiary/aromatic N) is 2. The van der Waals surface area contributed by atoms with Gasteiger partial charge >= 0.3 is 0 Å². The number of nitrogens with two attached hydrogens (primary N) is 2. The van der Waals surface area contributed by atoms with Crippen LogP contribution in [0.4, 0.5) is 0 Å². The zero-order chi connectivity index (χ0) is 14.7. The lowest BCUT2D eigenvalue weighted by Crippen LogP contribution is -2.22. The molecule has 1 heterocycles. The number of hydrogen-bond donors (Lipinski definition) is 2. The Morgan fingerprint density at radius 2 is 1.57 bits per heavy atom. The van der Waals surface area contributed by atoms with Gasteiger partial charge in [-0.1, -0.05) is 48.5 Å². The average Bonchev–Trinajstić information content (AvgIpc) is 2.92. The number of hydrogen-bond acceptors (Lipinski definition) is 3. The van der Waals surface area contributed by atoms with Gasteiger partial charge < -0.3 is 15.9 Å². The Balaban J connectivity index is 2.15. The second-order valence-electron chi connectivity index (χ2n) is 4.49. The Kier molecular flexibility index (Phi) is 3.39. The lowest BCUT2D eigenvalue weighted by atomic mass is 10.1. The van der Waals surface area contributed by atoms with E-state index < -0.39 is 0 Å². The highest BCUT2D eigenvalue weighted by molar-refractivity contribution is 6.12. The van der Waals surface area contributed by atoms with Crippen LogP contribution in [-0.2, 0) is 0 Å². The van der Waals surface area contributed by atoms with Gasteiger partial charge in [0.05, 0.1) is 0 Å². The minimum Gasteiger partial charge on any atom is -0.454 e. The molecule has 0 spiro atoms. The van der Waals surface area contributed by atoms with Crippen molar-refractivity contribution in [2.45, 2.75) is 0 Å². The first-order valence-corrected chi connectivity index (χ1v) is 6.45. The molecule has 0 unspecified atom stereocenters. The molecule has 0 saturated carbocycles. The molecule has 2 aromatic carbocycles. The van der Waals surface area contributed by atoms with Crippen LogP contribution in [0.15, 0.2) is 75.3 Å². The molecule has 0 radical (unpaired) electrons. The molecule has 0 aliphatic rings. The van der Waals surface area contributed by atoms with Crippen LogP contribution in [0, 0.1) is 0 Å². The zero-order valence-corrected chi connectivity index (χ0v) is 11.2. The molecule has 0 amide bonds. The first-order valence-electron chi connectivity index (χ1n) is 6.45. The first-order chi connectivity index (χ1) is 10.2. The number of benzene rings is 2. The molecule has 0 fully saturated rings. The highest BCUT2D eigenvalue weighted by Crippen LogP contribution is 2.21. The highest BCUT2D eigenvalue weighted by atomic mass is 16.3. The predicted octanol–water partition coefficient (Wildman–Crippen LogP) is 2.46. The molecule has 104 valence electrons. The summed E-state index contributed by atoms with van der Waals surface area (Å²) in [6, 6.07) is 19.3. The molecular formula is C16H14N4O. The van der Waals surface area contributed by atoms with E-state index in [4.69, 9.17) is 15.9 Å². The second kappa shape index (κ2) is 5.50. The SMILES string of the molecule is NC(N)=NN=C(c1ccccc1)c1cc2ccccc2o1. The van der Waals surface area contributed by atoms with Crippen LogP contribution >= 0.6 is 0 Å². The van der Waals surface area contributed by atoms with E-state index in [1.165, 1.54) is 0 Å². The summed E-state index contributed by atoms with van der Waals surface area (Å²) in [6.07, 6.45) is 0. The van der Waals surface area contributed by atoms with Crippen molar-refractivity contribution in [3.05, 3.63) is 72.0 Å². The van der Waals surface area contributed by atoms with E-state index in [9.17, 15) is 0 Å². The molecule has 0 bridgehead atoms. The Labute approximate surface area is 121 Å². The van der Waals surface area contributed by atoms with Crippen molar-refractivity contribution >= 4 is 22.6 Å². The van der Waals surface area contributed by atoms with E-state index in [1.54, 1.807) is 0 Å². The van der Waals surface area contributed by atoms with Crippen LogP contribution in [0.25, 0.3) is 11.0 Å². The maximum atomic E-state index is 5.84. The van der Waals surface area contributed by atoms with Crippen molar-refractivity contribution < 1.29 is 4.42 Å². The largest absolute Gasteiger partial charge is 0.454 e. The first kappa shape index (κ1) is 12.9. The zero-order valence-electron chi connectivity index (χ0n) is 11.2. The number of guanidine groups is 1. The maximum absolute atomic E-state index is 5.84. The van der Waals surface area contributed by atoms with Gasteiger partial charge in [0.25, 0.3) is 0 Å². The maximum Gasteiger partial charge on any atom is 0.211 e. The van der Waals surface area contributed by atoms with Gasteiger partial charge in [-0.2, -0.15) is 0 Å². The summed E-state index contributed by atoms with van der Waals surface area (Å²) >= 11 is 0. The summed E-state index contributed by atoms with van der Waals surface area (Å²) in [4.78, 5) is 0. The van der Waals surface area contributed by atoms with Crippen molar-refractivity contribution in [2.24, 2.45) is 21.7 Å². The van der Waals surface area contributed by atoms with Gasteiger partial charge in [-0.05, 0) is 12.1 Å². The monoisotopic (exact) mass is 278 g/mol. The number of furan rings is 1. The van der Waals surface area contributed by atoms with Crippen molar-refractivity contribution in [3.63, 3.8) is 0 Å². The van der Waals surface area contributed by atoms with Crippen molar-refractivity contribution in [2.75, 3.05) is 0 Å². The van der Waals surface area contributed by atoms with Gasteiger partial charge in [0.2, 0.25) is 5.96 Å².